The van der Waals surface area contributed by atoms with E-state index in [2.05, 4.69) is 5.32 Å². The van der Waals surface area contributed by atoms with Gasteiger partial charge >= 0.3 is 11.9 Å². The highest BCUT2D eigenvalue weighted by atomic mass is 16.4. The lowest BCUT2D eigenvalue weighted by molar-refractivity contribution is -0.153. The second-order valence-electron chi connectivity index (χ2n) is 3.89. The summed E-state index contributed by atoms with van der Waals surface area (Å²) in [6, 6.07) is 5.46. The Morgan fingerprint density at radius 2 is 1.70 bits per heavy atom. The number of amides is 1. The fourth-order valence-electron chi connectivity index (χ4n) is 1.52. The van der Waals surface area contributed by atoms with Crippen molar-refractivity contribution in [2.24, 2.45) is 0 Å². The molecule has 0 aliphatic rings. The van der Waals surface area contributed by atoms with Gasteiger partial charge in [-0.25, -0.2) is 4.79 Å². The van der Waals surface area contributed by atoms with Gasteiger partial charge in [0, 0.05) is 5.56 Å². The van der Waals surface area contributed by atoms with Crippen molar-refractivity contribution >= 4 is 17.8 Å². The van der Waals surface area contributed by atoms with E-state index in [1.54, 1.807) is 0 Å². The van der Waals surface area contributed by atoms with Crippen LogP contribution in [0.3, 0.4) is 0 Å². The summed E-state index contributed by atoms with van der Waals surface area (Å²) in [7, 11) is 0. The highest BCUT2D eigenvalue weighted by Crippen LogP contribution is 2.21. The highest BCUT2D eigenvalue weighted by Gasteiger charge is 2.28. The number of benzene rings is 1. The molecule has 1 aromatic rings. The third kappa shape index (κ3) is 3.77. The van der Waals surface area contributed by atoms with Gasteiger partial charge in [-0.15, -0.1) is 0 Å². The summed E-state index contributed by atoms with van der Waals surface area (Å²) in [6.45, 7) is -0.620. The standard InChI is InChI=1S/C12H13NO7/c14-8(15)5-13-11(18)7-4-2-1-3-6(7)9(16)10(17)12(19)20/h1-4,9-10,16-17H,5H2,(H,13,18)(H,14,15)(H,19,20). The Kier molecular flexibility index (Phi) is 5.18. The van der Waals surface area contributed by atoms with E-state index in [1.165, 1.54) is 24.3 Å². The van der Waals surface area contributed by atoms with Gasteiger partial charge in [0.05, 0.1) is 0 Å². The van der Waals surface area contributed by atoms with Gasteiger partial charge < -0.3 is 25.7 Å². The van der Waals surface area contributed by atoms with Crippen molar-refractivity contribution in [1.82, 2.24) is 5.32 Å². The molecule has 0 aromatic heterocycles. The van der Waals surface area contributed by atoms with Gasteiger partial charge in [0.15, 0.2) is 6.10 Å². The van der Waals surface area contributed by atoms with E-state index in [0.717, 1.165) is 0 Å². The lowest BCUT2D eigenvalue weighted by Gasteiger charge is -2.17. The molecule has 1 amide bonds. The topological polar surface area (TPSA) is 144 Å². The van der Waals surface area contributed by atoms with Gasteiger partial charge in [0.2, 0.25) is 0 Å². The van der Waals surface area contributed by atoms with Crippen LogP contribution in [0.2, 0.25) is 0 Å². The van der Waals surface area contributed by atoms with Gasteiger partial charge in [0.1, 0.15) is 12.6 Å². The molecule has 108 valence electrons. The molecule has 0 spiro atoms. The third-order valence-electron chi connectivity index (χ3n) is 2.48. The number of hydrogen-bond acceptors (Lipinski definition) is 5. The Balaban J connectivity index is 3.01. The van der Waals surface area contributed by atoms with Crippen LogP contribution in [0, 0.1) is 0 Å². The van der Waals surface area contributed by atoms with Gasteiger partial charge in [-0.2, -0.15) is 0 Å². The van der Waals surface area contributed by atoms with Crippen LogP contribution in [0.5, 0.6) is 0 Å². The minimum Gasteiger partial charge on any atom is -0.480 e. The lowest BCUT2D eigenvalue weighted by Crippen LogP contribution is -2.32. The number of carboxylic acid groups (broad SMARTS) is 2. The van der Waals surface area contributed by atoms with Crippen LogP contribution in [0.25, 0.3) is 0 Å². The summed E-state index contributed by atoms with van der Waals surface area (Å²) in [6.07, 6.45) is -3.90. The number of rotatable bonds is 6. The molecule has 1 aromatic carbocycles. The molecule has 0 fully saturated rings. The van der Waals surface area contributed by atoms with Crippen molar-refractivity contribution in [1.29, 1.82) is 0 Å². The largest absolute Gasteiger partial charge is 0.480 e. The quantitative estimate of drug-likeness (QED) is 0.449. The van der Waals surface area contributed by atoms with Gasteiger partial charge in [-0.1, -0.05) is 18.2 Å². The summed E-state index contributed by atoms with van der Waals surface area (Å²) >= 11 is 0. The highest BCUT2D eigenvalue weighted by molar-refractivity contribution is 5.97. The monoisotopic (exact) mass is 283 g/mol. The van der Waals surface area contributed by atoms with Crippen LogP contribution >= 0.6 is 0 Å². The zero-order valence-electron chi connectivity index (χ0n) is 10.2. The van der Waals surface area contributed by atoms with Gasteiger partial charge in [-0.05, 0) is 11.6 Å². The predicted molar refractivity (Wildman–Crippen MR) is 65.0 cm³/mol. The molecular formula is C12H13NO7. The van der Waals surface area contributed by atoms with Gasteiger partial charge in [0.25, 0.3) is 5.91 Å². The van der Waals surface area contributed by atoms with E-state index in [9.17, 15) is 24.6 Å². The van der Waals surface area contributed by atoms with E-state index in [0.29, 0.717) is 0 Å². The number of carbonyl (C=O) groups excluding carboxylic acids is 1. The molecule has 2 atom stereocenters. The summed E-state index contributed by atoms with van der Waals surface area (Å²) in [4.78, 5) is 32.7. The second-order valence-corrected chi connectivity index (χ2v) is 3.89. The second kappa shape index (κ2) is 6.64. The minimum atomic E-state index is -2.09. The molecule has 5 N–H and O–H groups in total. The van der Waals surface area contributed by atoms with Crippen molar-refractivity contribution in [3.63, 3.8) is 0 Å². The van der Waals surface area contributed by atoms with E-state index < -0.39 is 36.6 Å². The van der Waals surface area contributed by atoms with Crippen LogP contribution in [-0.4, -0.2) is 50.9 Å². The average Bonchev–Trinajstić information content (AvgIpc) is 2.42. The van der Waals surface area contributed by atoms with Crippen molar-refractivity contribution < 1.29 is 34.8 Å². The number of hydrogen-bond donors (Lipinski definition) is 5. The molecule has 1 rings (SSSR count). The first-order valence-corrected chi connectivity index (χ1v) is 5.52. The summed E-state index contributed by atoms with van der Waals surface area (Å²) in [5, 5.41) is 38.2. The Morgan fingerprint density at radius 1 is 1.10 bits per heavy atom. The van der Waals surface area contributed by atoms with Crippen molar-refractivity contribution in [3.05, 3.63) is 35.4 Å². The number of aliphatic hydroxyl groups excluding tert-OH is 2. The molecule has 0 heterocycles. The first kappa shape index (κ1) is 15.6. The zero-order valence-corrected chi connectivity index (χ0v) is 10.2. The normalized spacial score (nSPS) is 13.3. The van der Waals surface area contributed by atoms with E-state index in [1.807, 2.05) is 0 Å². The first-order valence-electron chi connectivity index (χ1n) is 5.52. The number of aliphatic hydroxyl groups is 2. The Bertz CT molecular complexity index is 528. The molecule has 0 bridgehead atoms. The Hall–Kier alpha value is -2.45. The van der Waals surface area contributed by atoms with Crippen molar-refractivity contribution in [2.75, 3.05) is 6.54 Å². The van der Waals surface area contributed by atoms with Crippen LogP contribution < -0.4 is 5.32 Å². The van der Waals surface area contributed by atoms with E-state index in [-0.39, 0.29) is 11.1 Å². The summed E-state index contributed by atoms with van der Waals surface area (Å²) < 4.78 is 0. The number of carboxylic acids is 2. The molecule has 20 heavy (non-hydrogen) atoms. The van der Waals surface area contributed by atoms with E-state index in [4.69, 9.17) is 10.2 Å². The number of aliphatic carboxylic acids is 2. The molecule has 0 radical (unpaired) electrons. The molecule has 8 nitrogen and oxygen atoms in total. The van der Waals surface area contributed by atoms with Crippen LogP contribution in [0.4, 0.5) is 0 Å². The Labute approximate surface area is 113 Å². The molecule has 0 saturated heterocycles. The molecule has 0 saturated carbocycles. The lowest BCUT2D eigenvalue weighted by atomic mass is 9.98. The molecular weight excluding hydrogens is 270 g/mol. The van der Waals surface area contributed by atoms with Crippen LogP contribution in [-0.2, 0) is 9.59 Å². The van der Waals surface area contributed by atoms with Crippen LogP contribution in [0.15, 0.2) is 24.3 Å². The van der Waals surface area contributed by atoms with Crippen molar-refractivity contribution in [3.8, 4) is 0 Å². The SMILES string of the molecule is O=C(O)CNC(=O)c1ccccc1C(O)C(O)C(=O)O. The van der Waals surface area contributed by atoms with E-state index >= 15 is 0 Å². The average molecular weight is 283 g/mol. The molecule has 8 heteroatoms. The zero-order chi connectivity index (χ0) is 15.3. The maximum Gasteiger partial charge on any atom is 0.335 e. The summed E-state index contributed by atoms with van der Waals surface area (Å²) in [5.41, 5.74) is -0.216. The van der Waals surface area contributed by atoms with Crippen molar-refractivity contribution in [2.45, 2.75) is 12.2 Å². The maximum atomic E-state index is 11.8. The predicted octanol–water partition coefficient (Wildman–Crippen LogP) is -1.02. The maximum absolute atomic E-state index is 11.8. The fourth-order valence-corrected chi connectivity index (χ4v) is 1.52. The smallest absolute Gasteiger partial charge is 0.335 e. The molecule has 0 aliphatic carbocycles. The third-order valence-corrected chi connectivity index (χ3v) is 2.48. The Morgan fingerprint density at radius 3 is 2.25 bits per heavy atom. The fraction of sp³-hybridized carbons (Fsp3) is 0.250. The van der Waals surface area contributed by atoms with Gasteiger partial charge in [-0.3, -0.25) is 9.59 Å². The number of nitrogens with one attached hydrogen (secondary N) is 1. The molecule has 2 unspecified atom stereocenters. The van der Waals surface area contributed by atoms with Crippen LogP contribution in [0.1, 0.15) is 22.0 Å². The first-order chi connectivity index (χ1) is 9.34. The number of carbonyl (C=O) groups is 3. The minimum absolute atomic E-state index is 0.106. The summed E-state index contributed by atoms with van der Waals surface area (Å²) in [5.74, 6) is -3.68. The molecule has 0 aliphatic heterocycles.